The lowest BCUT2D eigenvalue weighted by Crippen LogP contribution is -2.54. The van der Waals surface area contributed by atoms with Crippen LogP contribution in [-0.2, 0) is 21.5 Å². The van der Waals surface area contributed by atoms with E-state index in [4.69, 9.17) is 9.47 Å². The molecule has 2 aliphatic rings. The van der Waals surface area contributed by atoms with Crippen molar-refractivity contribution >= 4 is 10.2 Å². The minimum atomic E-state index is -3.36. The summed E-state index contributed by atoms with van der Waals surface area (Å²) in [6.07, 6.45) is 0.152. The molecule has 0 aromatic heterocycles. The van der Waals surface area contributed by atoms with Gasteiger partial charge in [-0.2, -0.15) is 17.0 Å². The van der Waals surface area contributed by atoms with Gasteiger partial charge in [0.1, 0.15) is 5.75 Å². The maximum atomic E-state index is 12.7. The van der Waals surface area contributed by atoms with Crippen LogP contribution in [0.15, 0.2) is 24.3 Å². The van der Waals surface area contributed by atoms with E-state index in [1.54, 1.807) is 8.61 Å². The molecule has 1 aromatic carbocycles. The zero-order chi connectivity index (χ0) is 18.6. The molecule has 2 saturated heterocycles. The molecule has 0 spiro atoms. The summed E-state index contributed by atoms with van der Waals surface area (Å²) in [4.78, 5) is 2.29. The first-order valence-electron chi connectivity index (χ1n) is 9.26. The minimum absolute atomic E-state index is 0.152. The van der Waals surface area contributed by atoms with Gasteiger partial charge in [0.15, 0.2) is 0 Å². The zero-order valence-electron chi connectivity index (χ0n) is 15.6. The SMILES string of the molecule is CC(C)Oc1cccc(CN2CCN(S(=O)(=O)N3CCOCC3)CC2)c1. The predicted molar refractivity (Wildman–Crippen MR) is 100 cm³/mol. The van der Waals surface area contributed by atoms with Gasteiger partial charge >= 0.3 is 0 Å². The van der Waals surface area contributed by atoms with E-state index in [9.17, 15) is 8.42 Å². The molecule has 0 aliphatic carbocycles. The van der Waals surface area contributed by atoms with Crippen molar-refractivity contribution in [2.24, 2.45) is 0 Å². The fourth-order valence-corrected chi connectivity index (χ4v) is 4.87. The Kier molecular flexibility index (Phi) is 6.52. The van der Waals surface area contributed by atoms with E-state index in [-0.39, 0.29) is 6.10 Å². The molecule has 0 amide bonds. The van der Waals surface area contributed by atoms with Crippen LogP contribution in [0.25, 0.3) is 0 Å². The molecule has 0 bridgehead atoms. The number of benzene rings is 1. The highest BCUT2D eigenvalue weighted by Gasteiger charge is 2.33. The van der Waals surface area contributed by atoms with E-state index in [0.717, 1.165) is 25.4 Å². The molecule has 2 fully saturated rings. The summed E-state index contributed by atoms with van der Waals surface area (Å²) in [6, 6.07) is 8.13. The number of piperazine rings is 1. The molecule has 8 heteroatoms. The van der Waals surface area contributed by atoms with Gasteiger partial charge in [-0.25, -0.2) is 0 Å². The van der Waals surface area contributed by atoms with E-state index in [0.29, 0.717) is 39.4 Å². The van der Waals surface area contributed by atoms with Crippen LogP contribution in [0.2, 0.25) is 0 Å². The Morgan fingerprint density at radius 3 is 2.35 bits per heavy atom. The van der Waals surface area contributed by atoms with Gasteiger partial charge in [0, 0.05) is 45.8 Å². The summed E-state index contributed by atoms with van der Waals surface area (Å²) in [5.74, 6) is 0.881. The molecule has 0 atom stereocenters. The Balaban J connectivity index is 1.54. The Hall–Kier alpha value is -1.19. The Morgan fingerprint density at radius 1 is 1.04 bits per heavy atom. The van der Waals surface area contributed by atoms with Gasteiger partial charge in [0.2, 0.25) is 0 Å². The van der Waals surface area contributed by atoms with Gasteiger partial charge in [-0.1, -0.05) is 12.1 Å². The number of morpholine rings is 1. The highest BCUT2D eigenvalue weighted by Crippen LogP contribution is 2.19. The quantitative estimate of drug-likeness (QED) is 0.738. The number of ether oxygens (including phenoxy) is 2. The second kappa shape index (κ2) is 8.67. The summed E-state index contributed by atoms with van der Waals surface area (Å²) in [7, 11) is -3.36. The van der Waals surface area contributed by atoms with Crippen LogP contribution in [0, 0.1) is 0 Å². The summed E-state index contributed by atoms with van der Waals surface area (Å²) in [5.41, 5.74) is 1.19. The van der Waals surface area contributed by atoms with Crippen LogP contribution < -0.4 is 4.74 Å². The van der Waals surface area contributed by atoms with E-state index in [2.05, 4.69) is 17.0 Å². The van der Waals surface area contributed by atoms with Crippen LogP contribution in [0.5, 0.6) is 5.75 Å². The molecule has 0 radical (unpaired) electrons. The molecule has 0 N–H and O–H groups in total. The van der Waals surface area contributed by atoms with Gasteiger partial charge in [-0.05, 0) is 31.5 Å². The summed E-state index contributed by atoms with van der Waals surface area (Å²) in [6.45, 7) is 9.22. The molecular weight excluding hydrogens is 354 g/mol. The van der Waals surface area contributed by atoms with Crippen molar-refractivity contribution in [2.45, 2.75) is 26.5 Å². The topological polar surface area (TPSA) is 62.3 Å². The van der Waals surface area contributed by atoms with Gasteiger partial charge in [-0.15, -0.1) is 0 Å². The normalized spacial score (nSPS) is 21.2. The monoisotopic (exact) mass is 383 g/mol. The third kappa shape index (κ3) is 4.95. The number of rotatable bonds is 6. The number of nitrogens with zero attached hydrogens (tertiary/aromatic N) is 3. The van der Waals surface area contributed by atoms with Gasteiger partial charge in [-0.3, -0.25) is 4.90 Å². The highest BCUT2D eigenvalue weighted by atomic mass is 32.2. The van der Waals surface area contributed by atoms with Crippen molar-refractivity contribution in [3.05, 3.63) is 29.8 Å². The lowest BCUT2D eigenvalue weighted by atomic mass is 10.2. The Morgan fingerprint density at radius 2 is 1.69 bits per heavy atom. The van der Waals surface area contributed by atoms with Crippen molar-refractivity contribution in [3.63, 3.8) is 0 Å². The molecule has 146 valence electrons. The molecule has 0 unspecified atom stereocenters. The van der Waals surface area contributed by atoms with Crippen LogP contribution in [0.4, 0.5) is 0 Å². The van der Waals surface area contributed by atoms with E-state index in [1.807, 2.05) is 26.0 Å². The maximum absolute atomic E-state index is 12.7. The molecule has 26 heavy (non-hydrogen) atoms. The molecule has 0 saturated carbocycles. The van der Waals surface area contributed by atoms with Crippen molar-refractivity contribution in [3.8, 4) is 5.75 Å². The van der Waals surface area contributed by atoms with Gasteiger partial charge in [0.25, 0.3) is 10.2 Å². The average Bonchev–Trinajstić information content (AvgIpc) is 2.63. The third-order valence-electron chi connectivity index (χ3n) is 4.63. The zero-order valence-corrected chi connectivity index (χ0v) is 16.5. The van der Waals surface area contributed by atoms with Crippen LogP contribution in [0.1, 0.15) is 19.4 Å². The van der Waals surface area contributed by atoms with Crippen LogP contribution in [0.3, 0.4) is 0 Å². The lowest BCUT2D eigenvalue weighted by molar-refractivity contribution is 0.0684. The van der Waals surface area contributed by atoms with E-state index < -0.39 is 10.2 Å². The maximum Gasteiger partial charge on any atom is 0.282 e. The van der Waals surface area contributed by atoms with Crippen molar-refractivity contribution in [1.29, 1.82) is 0 Å². The van der Waals surface area contributed by atoms with Crippen LogP contribution >= 0.6 is 0 Å². The largest absolute Gasteiger partial charge is 0.491 e. The summed E-state index contributed by atoms with van der Waals surface area (Å²) < 4.78 is 39.6. The second-order valence-corrected chi connectivity index (χ2v) is 8.94. The van der Waals surface area contributed by atoms with Crippen molar-refractivity contribution < 1.29 is 17.9 Å². The molecule has 1 aromatic rings. The van der Waals surface area contributed by atoms with Crippen molar-refractivity contribution in [1.82, 2.24) is 13.5 Å². The Labute approximate surface area is 156 Å². The second-order valence-electron chi connectivity index (χ2n) is 7.01. The third-order valence-corrected chi connectivity index (χ3v) is 6.67. The number of hydrogen-bond donors (Lipinski definition) is 0. The molecule has 7 nitrogen and oxygen atoms in total. The minimum Gasteiger partial charge on any atom is -0.491 e. The van der Waals surface area contributed by atoms with Crippen LogP contribution in [-0.4, -0.2) is 80.5 Å². The highest BCUT2D eigenvalue weighted by molar-refractivity contribution is 7.86. The first-order chi connectivity index (χ1) is 12.4. The first kappa shape index (κ1) is 19.6. The average molecular weight is 384 g/mol. The molecule has 2 heterocycles. The standard InChI is InChI=1S/C18H29N3O4S/c1-16(2)25-18-5-3-4-17(14-18)15-19-6-8-20(9-7-19)26(22,23)21-10-12-24-13-11-21/h3-5,14,16H,6-13,15H2,1-2H3. The fourth-order valence-electron chi connectivity index (χ4n) is 3.31. The van der Waals surface area contributed by atoms with Gasteiger partial charge < -0.3 is 9.47 Å². The molecule has 3 rings (SSSR count). The molecular formula is C18H29N3O4S. The van der Waals surface area contributed by atoms with E-state index >= 15 is 0 Å². The first-order valence-corrected chi connectivity index (χ1v) is 10.7. The molecule has 2 aliphatic heterocycles. The lowest BCUT2D eigenvalue weighted by Gasteiger charge is -2.37. The summed E-state index contributed by atoms with van der Waals surface area (Å²) in [5, 5.41) is 0. The Bertz CT molecular complexity index is 681. The summed E-state index contributed by atoms with van der Waals surface area (Å²) >= 11 is 0. The smallest absolute Gasteiger partial charge is 0.282 e. The number of hydrogen-bond acceptors (Lipinski definition) is 5. The predicted octanol–water partition coefficient (Wildman–Crippen LogP) is 1.17. The fraction of sp³-hybridized carbons (Fsp3) is 0.667. The van der Waals surface area contributed by atoms with Crippen molar-refractivity contribution in [2.75, 3.05) is 52.5 Å². The van der Waals surface area contributed by atoms with Gasteiger partial charge in [0.05, 0.1) is 19.3 Å². The van der Waals surface area contributed by atoms with E-state index in [1.165, 1.54) is 5.56 Å².